The molecule has 0 N–H and O–H groups in total. The van der Waals surface area contributed by atoms with Crippen molar-refractivity contribution < 1.29 is 0 Å². The fourth-order valence-corrected chi connectivity index (χ4v) is 0.661. The highest BCUT2D eigenvalue weighted by Gasteiger charge is 2.37. The van der Waals surface area contributed by atoms with E-state index in [2.05, 4.69) is 0 Å². The molecule has 0 aromatic heterocycles. The van der Waals surface area contributed by atoms with Gasteiger partial charge in [0.05, 0.1) is 12.1 Å². The van der Waals surface area contributed by atoms with Gasteiger partial charge in [0, 0.05) is 0 Å². The van der Waals surface area contributed by atoms with Crippen molar-refractivity contribution in [2.75, 3.05) is 0 Å². The Morgan fingerprint density at radius 1 is 1.38 bits per heavy atom. The number of rotatable bonds is 0. The van der Waals surface area contributed by atoms with Crippen molar-refractivity contribution >= 4 is 0 Å². The van der Waals surface area contributed by atoms with Gasteiger partial charge in [0.2, 0.25) is 0 Å². The highest BCUT2D eigenvalue weighted by atomic mass is 14.5. The second kappa shape index (κ2) is 1.49. The lowest BCUT2D eigenvalue weighted by Crippen LogP contribution is -2.25. The molecule has 8 heavy (non-hydrogen) atoms. The van der Waals surface area contributed by atoms with Gasteiger partial charge in [-0.3, -0.25) is 0 Å². The molecule has 1 saturated carbocycles. The molecule has 0 aliphatic heterocycles. The fourth-order valence-electron chi connectivity index (χ4n) is 0.661. The first-order valence-electron chi connectivity index (χ1n) is 2.50. The predicted octanol–water partition coefficient (Wildman–Crippen LogP) is 1.02. The quantitative estimate of drug-likeness (QED) is 0.461. The van der Waals surface area contributed by atoms with Gasteiger partial charge < -0.3 is 0 Å². The summed E-state index contributed by atoms with van der Waals surface area (Å²) in [6.45, 7) is 0. The van der Waals surface area contributed by atoms with Crippen LogP contribution in [0.15, 0.2) is 0 Å². The van der Waals surface area contributed by atoms with E-state index < -0.39 is 5.41 Å². The minimum Gasteiger partial charge on any atom is -0.197 e. The molecule has 0 saturated heterocycles. The van der Waals surface area contributed by atoms with Crippen molar-refractivity contribution in [1.29, 1.82) is 10.5 Å². The lowest BCUT2D eigenvalue weighted by atomic mass is 9.71. The summed E-state index contributed by atoms with van der Waals surface area (Å²) in [5.74, 6) is 0. The van der Waals surface area contributed by atoms with E-state index in [0.29, 0.717) is 0 Å². The molecule has 1 rings (SSSR count). The second-order valence-electron chi connectivity index (χ2n) is 1.94. The molecule has 0 bridgehead atoms. The maximum Gasteiger partial charge on any atom is 0.147 e. The Labute approximate surface area is 48.3 Å². The standard InChI is InChI=1S/C6H5N2/c7-4-6(5-8)2-1-3-6/h2H,1,3H2. The van der Waals surface area contributed by atoms with Crippen LogP contribution in [0.4, 0.5) is 0 Å². The van der Waals surface area contributed by atoms with Gasteiger partial charge in [-0.05, 0) is 19.3 Å². The maximum absolute atomic E-state index is 8.33. The van der Waals surface area contributed by atoms with Gasteiger partial charge in [-0.15, -0.1) is 0 Å². The summed E-state index contributed by atoms with van der Waals surface area (Å²) in [5.41, 5.74) is -0.708. The minimum atomic E-state index is -0.708. The van der Waals surface area contributed by atoms with E-state index in [1.165, 1.54) is 0 Å². The molecule has 0 heterocycles. The zero-order chi connectivity index (χ0) is 6.04. The summed E-state index contributed by atoms with van der Waals surface area (Å²) < 4.78 is 0. The molecule has 2 heteroatoms. The Hall–Kier alpha value is -1.02. The topological polar surface area (TPSA) is 47.6 Å². The first kappa shape index (κ1) is 5.12. The van der Waals surface area contributed by atoms with Crippen LogP contribution >= 0.6 is 0 Å². The van der Waals surface area contributed by atoms with Crippen LogP contribution in [0.3, 0.4) is 0 Å². The maximum atomic E-state index is 8.33. The molecule has 1 aliphatic carbocycles. The van der Waals surface area contributed by atoms with Crippen molar-refractivity contribution in [2.24, 2.45) is 5.41 Å². The molecule has 2 nitrogen and oxygen atoms in total. The lowest BCUT2D eigenvalue weighted by molar-refractivity contribution is 0.421. The highest BCUT2D eigenvalue weighted by molar-refractivity contribution is 5.26. The van der Waals surface area contributed by atoms with Gasteiger partial charge in [-0.25, -0.2) is 0 Å². The lowest BCUT2D eigenvalue weighted by Gasteiger charge is -2.26. The van der Waals surface area contributed by atoms with Crippen molar-refractivity contribution in [3.63, 3.8) is 0 Å². The molecular formula is C6H5N2. The van der Waals surface area contributed by atoms with Gasteiger partial charge >= 0.3 is 0 Å². The molecule has 39 valence electrons. The summed E-state index contributed by atoms with van der Waals surface area (Å²) >= 11 is 0. The van der Waals surface area contributed by atoms with Crippen LogP contribution in [0, 0.1) is 34.5 Å². The van der Waals surface area contributed by atoms with E-state index in [1.54, 1.807) is 6.42 Å². The monoisotopic (exact) mass is 105 g/mol. The van der Waals surface area contributed by atoms with Gasteiger partial charge in [0.1, 0.15) is 5.41 Å². The zero-order valence-electron chi connectivity index (χ0n) is 4.39. The van der Waals surface area contributed by atoms with Crippen molar-refractivity contribution in [3.8, 4) is 12.1 Å². The molecule has 0 unspecified atom stereocenters. The van der Waals surface area contributed by atoms with E-state index in [4.69, 9.17) is 10.5 Å². The van der Waals surface area contributed by atoms with Crippen LogP contribution in [0.1, 0.15) is 12.8 Å². The van der Waals surface area contributed by atoms with E-state index in [-0.39, 0.29) is 0 Å². The molecule has 1 radical (unpaired) electrons. The third kappa shape index (κ3) is 0.468. The molecule has 0 atom stereocenters. The van der Waals surface area contributed by atoms with Gasteiger partial charge in [-0.2, -0.15) is 10.5 Å². The summed E-state index contributed by atoms with van der Waals surface area (Å²) in [4.78, 5) is 0. The molecular weight excluding hydrogens is 100 g/mol. The number of hydrogen-bond donors (Lipinski definition) is 0. The molecule has 0 aromatic rings. The summed E-state index contributed by atoms with van der Waals surface area (Å²) in [6, 6.07) is 3.90. The Bertz CT molecular complexity index is 150. The van der Waals surface area contributed by atoms with E-state index in [9.17, 15) is 0 Å². The van der Waals surface area contributed by atoms with Crippen LogP contribution in [0.25, 0.3) is 0 Å². The molecule has 0 aromatic carbocycles. The van der Waals surface area contributed by atoms with Crippen LogP contribution in [-0.4, -0.2) is 0 Å². The first-order chi connectivity index (χ1) is 3.83. The van der Waals surface area contributed by atoms with Crippen LogP contribution in [0.2, 0.25) is 0 Å². The summed E-state index contributed by atoms with van der Waals surface area (Å²) in [7, 11) is 0. The van der Waals surface area contributed by atoms with Gasteiger partial charge in [-0.1, -0.05) is 0 Å². The van der Waals surface area contributed by atoms with E-state index in [1.807, 2.05) is 12.1 Å². The third-order valence-corrected chi connectivity index (χ3v) is 1.43. The van der Waals surface area contributed by atoms with Crippen molar-refractivity contribution in [2.45, 2.75) is 12.8 Å². The smallest absolute Gasteiger partial charge is 0.147 e. The SMILES string of the molecule is N#CC1(C#N)[CH]CC1. The Morgan fingerprint density at radius 3 is 1.88 bits per heavy atom. The second-order valence-corrected chi connectivity index (χ2v) is 1.94. The number of nitriles is 2. The van der Waals surface area contributed by atoms with Crippen LogP contribution < -0.4 is 0 Å². The highest BCUT2D eigenvalue weighted by Crippen LogP contribution is 2.37. The summed E-state index contributed by atoms with van der Waals surface area (Å²) in [6.07, 6.45) is 3.40. The Morgan fingerprint density at radius 2 is 1.88 bits per heavy atom. The fraction of sp³-hybridized carbons (Fsp3) is 0.500. The zero-order valence-corrected chi connectivity index (χ0v) is 4.39. The molecule has 1 aliphatic rings. The van der Waals surface area contributed by atoms with Crippen molar-refractivity contribution in [3.05, 3.63) is 6.42 Å². The van der Waals surface area contributed by atoms with Gasteiger partial charge in [0.15, 0.2) is 0 Å². The predicted molar refractivity (Wildman–Crippen MR) is 27.2 cm³/mol. The number of nitrogens with zero attached hydrogens (tertiary/aromatic N) is 2. The molecule has 0 spiro atoms. The Kier molecular flexibility index (Phi) is 0.954. The average molecular weight is 105 g/mol. The van der Waals surface area contributed by atoms with Crippen molar-refractivity contribution in [1.82, 2.24) is 0 Å². The minimum absolute atomic E-state index is 0.708. The third-order valence-electron chi connectivity index (χ3n) is 1.43. The summed E-state index contributed by atoms with van der Waals surface area (Å²) in [5, 5.41) is 16.7. The Balaban J connectivity index is 2.66. The largest absolute Gasteiger partial charge is 0.197 e. The normalized spacial score (nSPS) is 22.2. The molecule has 0 amide bonds. The van der Waals surface area contributed by atoms with E-state index in [0.717, 1.165) is 12.8 Å². The van der Waals surface area contributed by atoms with Crippen LogP contribution in [-0.2, 0) is 0 Å². The van der Waals surface area contributed by atoms with Crippen LogP contribution in [0.5, 0.6) is 0 Å². The van der Waals surface area contributed by atoms with Gasteiger partial charge in [0.25, 0.3) is 0 Å². The van der Waals surface area contributed by atoms with E-state index >= 15 is 0 Å². The first-order valence-corrected chi connectivity index (χ1v) is 2.50. The molecule has 1 fully saturated rings. The number of hydrogen-bond acceptors (Lipinski definition) is 2. The average Bonchev–Trinajstić information content (AvgIpc) is 1.67.